The largest absolute Gasteiger partial charge is 0.391 e. The van der Waals surface area contributed by atoms with E-state index in [1.165, 1.54) is 24.4 Å². The van der Waals surface area contributed by atoms with Gasteiger partial charge in [0.05, 0.1) is 6.10 Å². The first-order chi connectivity index (χ1) is 10.3. The molecule has 1 saturated carbocycles. The quantitative estimate of drug-likeness (QED) is 0.893. The average molecular weight is 310 g/mol. The molecule has 1 aromatic rings. The normalized spacial score (nSPS) is 28.7. The fraction of sp³-hybridized carbons (Fsp3) is 0.867. The molecule has 0 spiro atoms. The number of nitrogens with one attached hydrogen (secondary N) is 1. The lowest BCUT2D eigenvalue weighted by Crippen LogP contribution is -2.50. The van der Waals surface area contributed by atoms with E-state index in [1.807, 2.05) is 0 Å². The highest BCUT2D eigenvalue weighted by atomic mass is 32.1. The molecule has 5 nitrogen and oxygen atoms in total. The molecule has 21 heavy (non-hydrogen) atoms. The highest BCUT2D eigenvalue weighted by Crippen LogP contribution is 2.27. The van der Waals surface area contributed by atoms with E-state index in [0.717, 1.165) is 56.1 Å². The van der Waals surface area contributed by atoms with Gasteiger partial charge in [-0.3, -0.25) is 4.90 Å². The van der Waals surface area contributed by atoms with Crippen LogP contribution < -0.4 is 5.32 Å². The molecule has 2 N–H and O–H groups in total. The van der Waals surface area contributed by atoms with Gasteiger partial charge in [-0.1, -0.05) is 19.8 Å². The van der Waals surface area contributed by atoms with Crippen LogP contribution in [0.3, 0.4) is 0 Å². The molecule has 1 saturated heterocycles. The van der Waals surface area contributed by atoms with Gasteiger partial charge in [-0.15, -0.1) is 0 Å². The Bertz CT molecular complexity index is 445. The van der Waals surface area contributed by atoms with Crippen LogP contribution in [0.1, 0.15) is 51.3 Å². The molecule has 1 aliphatic heterocycles. The molecule has 0 aromatic carbocycles. The molecule has 1 aromatic heterocycles. The summed E-state index contributed by atoms with van der Waals surface area (Å²) in [6.45, 7) is 4.25. The molecular weight excluding hydrogens is 284 g/mol. The number of hydrogen-bond acceptors (Lipinski definition) is 6. The van der Waals surface area contributed by atoms with Crippen LogP contribution in [0, 0.1) is 0 Å². The van der Waals surface area contributed by atoms with Crippen molar-refractivity contribution in [1.29, 1.82) is 0 Å². The summed E-state index contributed by atoms with van der Waals surface area (Å²) < 4.78 is 4.32. The summed E-state index contributed by atoms with van der Waals surface area (Å²) in [5.41, 5.74) is 0. The van der Waals surface area contributed by atoms with Crippen molar-refractivity contribution in [3.05, 3.63) is 5.82 Å². The van der Waals surface area contributed by atoms with Crippen molar-refractivity contribution in [2.75, 3.05) is 18.4 Å². The van der Waals surface area contributed by atoms with E-state index >= 15 is 0 Å². The number of nitrogens with zero attached hydrogens (tertiary/aromatic N) is 3. The second kappa shape index (κ2) is 7.03. The second-order valence-corrected chi connectivity index (χ2v) is 6.99. The molecule has 2 aliphatic rings. The van der Waals surface area contributed by atoms with Gasteiger partial charge in [-0.2, -0.15) is 4.37 Å². The number of piperidine rings is 1. The molecule has 6 heteroatoms. The first-order valence-corrected chi connectivity index (χ1v) is 9.05. The first-order valence-electron chi connectivity index (χ1n) is 8.27. The van der Waals surface area contributed by atoms with Gasteiger partial charge in [0.2, 0.25) is 5.13 Å². The molecule has 2 unspecified atom stereocenters. The number of rotatable bonds is 4. The van der Waals surface area contributed by atoms with Crippen LogP contribution in [0.2, 0.25) is 0 Å². The monoisotopic (exact) mass is 310 g/mol. The fourth-order valence-corrected chi connectivity index (χ4v) is 4.25. The van der Waals surface area contributed by atoms with Gasteiger partial charge in [-0.25, -0.2) is 4.98 Å². The summed E-state index contributed by atoms with van der Waals surface area (Å²) in [6.07, 6.45) is 7.64. The zero-order chi connectivity index (χ0) is 14.7. The zero-order valence-corrected chi connectivity index (χ0v) is 13.6. The van der Waals surface area contributed by atoms with Gasteiger partial charge in [0.1, 0.15) is 5.82 Å². The predicted molar refractivity (Wildman–Crippen MR) is 85.8 cm³/mol. The number of aliphatic hydroxyl groups excluding tert-OH is 1. The second-order valence-electron chi connectivity index (χ2n) is 6.24. The Labute approximate surface area is 130 Å². The van der Waals surface area contributed by atoms with Crippen LogP contribution in [0.25, 0.3) is 0 Å². The topological polar surface area (TPSA) is 61.3 Å². The fourth-order valence-electron chi connectivity index (χ4n) is 3.52. The van der Waals surface area contributed by atoms with E-state index in [4.69, 9.17) is 0 Å². The Kier molecular flexibility index (Phi) is 5.08. The number of likely N-dealkylation sites (tertiary alicyclic amines) is 1. The lowest BCUT2D eigenvalue weighted by Gasteiger charge is -2.41. The minimum Gasteiger partial charge on any atom is -0.391 e. The van der Waals surface area contributed by atoms with Crippen LogP contribution in [0.15, 0.2) is 0 Å². The highest BCUT2D eigenvalue weighted by molar-refractivity contribution is 7.09. The Morgan fingerprint density at radius 2 is 2.00 bits per heavy atom. The molecule has 1 aliphatic carbocycles. The van der Waals surface area contributed by atoms with Crippen molar-refractivity contribution in [2.45, 2.75) is 70.1 Å². The highest BCUT2D eigenvalue weighted by Gasteiger charge is 2.31. The van der Waals surface area contributed by atoms with E-state index in [1.54, 1.807) is 0 Å². The average Bonchev–Trinajstić information content (AvgIpc) is 2.96. The van der Waals surface area contributed by atoms with E-state index in [0.29, 0.717) is 12.1 Å². The van der Waals surface area contributed by atoms with Crippen LogP contribution in [0.4, 0.5) is 5.13 Å². The third-order valence-corrected chi connectivity index (χ3v) is 5.49. The SMILES string of the molecule is CCc1nsc(NC2CCN(C3CCCCC3O)CC2)n1. The Morgan fingerprint density at radius 1 is 1.24 bits per heavy atom. The lowest BCUT2D eigenvalue weighted by molar-refractivity contribution is 0.00994. The third-order valence-electron chi connectivity index (χ3n) is 4.80. The molecule has 0 radical (unpaired) electrons. The predicted octanol–water partition coefficient (Wildman–Crippen LogP) is 2.28. The van der Waals surface area contributed by atoms with Crippen LogP contribution in [-0.4, -0.2) is 50.6 Å². The molecule has 0 amide bonds. The van der Waals surface area contributed by atoms with Crippen LogP contribution in [0.5, 0.6) is 0 Å². The van der Waals surface area contributed by atoms with E-state index in [-0.39, 0.29) is 6.10 Å². The lowest BCUT2D eigenvalue weighted by atomic mass is 9.89. The van der Waals surface area contributed by atoms with Gasteiger partial charge in [0, 0.05) is 43.1 Å². The standard InChI is InChI=1S/C15H26N4OS/c1-2-14-17-15(21-18-14)16-11-7-9-19(10-8-11)12-5-3-4-6-13(12)20/h11-13,20H,2-10H2,1H3,(H,16,17,18). The molecule has 2 atom stereocenters. The van der Waals surface area contributed by atoms with Crippen molar-refractivity contribution in [3.63, 3.8) is 0 Å². The smallest absolute Gasteiger partial charge is 0.202 e. The maximum atomic E-state index is 10.2. The number of aryl methyl sites for hydroxylation is 1. The van der Waals surface area contributed by atoms with Gasteiger partial charge in [-0.05, 0) is 25.7 Å². The summed E-state index contributed by atoms with van der Waals surface area (Å²) in [5, 5.41) is 14.7. The molecule has 2 heterocycles. The van der Waals surface area contributed by atoms with Crippen molar-refractivity contribution < 1.29 is 5.11 Å². The van der Waals surface area contributed by atoms with Crippen molar-refractivity contribution in [3.8, 4) is 0 Å². The molecule has 3 rings (SSSR count). The summed E-state index contributed by atoms with van der Waals surface area (Å²) in [7, 11) is 0. The van der Waals surface area contributed by atoms with Crippen molar-refractivity contribution >= 4 is 16.7 Å². The summed E-state index contributed by atoms with van der Waals surface area (Å²) in [4.78, 5) is 6.99. The minimum atomic E-state index is -0.112. The van der Waals surface area contributed by atoms with Gasteiger partial charge < -0.3 is 10.4 Å². The number of anilines is 1. The molecular formula is C15H26N4OS. The number of aromatic nitrogens is 2. The van der Waals surface area contributed by atoms with Gasteiger partial charge in [0.15, 0.2) is 0 Å². The van der Waals surface area contributed by atoms with E-state index in [2.05, 4.69) is 26.5 Å². The van der Waals surface area contributed by atoms with Gasteiger partial charge >= 0.3 is 0 Å². The van der Waals surface area contributed by atoms with Crippen LogP contribution >= 0.6 is 11.5 Å². The minimum absolute atomic E-state index is 0.112. The van der Waals surface area contributed by atoms with E-state index < -0.39 is 0 Å². The van der Waals surface area contributed by atoms with Crippen LogP contribution in [-0.2, 0) is 6.42 Å². The Balaban J connectivity index is 1.48. The maximum Gasteiger partial charge on any atom is 0.202 e. The Morgan fingerprint density at radius 3 is 2.67 bits per heavy atom. The summed E-state index contributed by atoms with van der Waals surface area (Å²) in [5.74, 6) is 0.935. The van der Waals surface area contributed by atoms with Crippen molar-refractivity contribution in [2.24, 2.45) is 0 Å². The molecule has 2 fully saturated rings. The number of hydrogen-bond donors (Lipinski definition) is 2. The Hall–Kier alpha value is -0.720. The van der Waals surface area contributed by atoms with Gasteiger partial charge in [0.25, 0.3) is 0 Å². The third kappa shape index (κ3) is 3.73. The zero-order valence-electron chi connectivity index (χ0n) is 12.8. The maximum absolute atomic E-state index is 10.2. The first kappa shape index (κ1) is 15.2. The molecule has 0 bridgehead atoms. The molecule has 118 valence electrons. The van der Waals surface area contributed by atoms with Crippen molar-refractivity contribution in [1.82, 2.24) is 14.3 Å². The van der Waals surface area contributed by atoms with E-state index in [9.17, 15) is 5.11 Å². The summed E-state index contributed by atoms with van der Waals surface area (Å²) >= 11 is 1.47. The summed E-state index contributed by atoms with van der Waals surface area (Å²) in [6, 6.07) is 0.896. The number of aliphatic hydroxyl groups is 1.